The average molecular weight is 296 g/mol. The van der Waals surface area contributed by atoms with Gasteiger partial charge < -0.3 is 15.4 Å². The molecule has 4 nitrogen and oxygen atoms in total. The molecular weight excluding hydrogens is 272 g/mol. The number of hydrogen-bond acceptors (Lipinski definition) is 4. The topological polar surface area (TPSA) is 50.4 Å². The van der Waals surface area contributed by atoms with Crippen molar-refractivity contribution in [2.75, 3.05) is 19.8 Å². The Morgan fingerprint density at radius 3 is 2.85 bits per heavy atom. The van der Waals surface area contributed by atoms with Crippen molar-refractivity contribution in [1.82, 2.24) is 10.6 Å². The van der Waals surface area contributed by atoms with Gasteiger partial charge in [-0.15, -0.1) is 11.3 Å². The molecule has 0 bridgehead atoms. The number of ether oxygens (including phenoxy) is 1. The lowest BCUT2D eigenvalue weighted by Crippen LogP contribution is -2.43. The summed E-state index contributed by atoms with van der Waals surface area (Å²) in [5.74, 6) is 0.677. The van der Waals surface area contributed by atoms with E-state index in [-0.39, 0.29) is 11.9 Å². The molecule has 5 heteroatoms. The van der Waals surface area contributed by atoms with Crippen molar-refractivity contribution in [2.45, 2.75) is 38.8 Å². The summed E-state index contributed by atoms with van der Waals surface area (Å²) < 4.78 is 5.36. The van der Waals surface area contributed by atoms with Crippen LogP contribution in [0.15, 0.2) is 17.5 Å². The van der Waals surface area contributed by atoms with Crippen LogP contribution < -0.4 is 10.6 Å². The molecule has 1 amide bonds. The van der Waals surface area contributed by atoms with Gasteiger partial charge in [0.05, 0.1) is 12.6 Å². The molecule has 1 aromatic rings. The van der Waals surface area contributed by atoms with E-state index in [1.165, 1.54) is 4.88 Å². The van der Waals surface area contributed by atoms with E-state index in [0.717, 1.165) is 26.1 Å². The van der Waals surface area contributed by atoms with E-state index in [1.807, 2.05) is 24.4 Å². The Morgan fingerprint density at radius 2 is 2.20 bits per heavy atom. The van der Waals surface area contributed by atoms with Crippen LogP contribution in [0, 0.1) is 5.92 Å². The lowest BCUT2D eigenvalue weighted by atomic mass is 9.93. The Hall–Kier alpha value is -0.910. The highest BCUT2D eigenvalue weighted by Gasteiger charge is 2.20. The largest absolute Gasteiger partial charge is 0.381 e. The summed E-state index contributed by atoms with van der Waals surface area (Å²) in [6.07, 6.45) is 2.17. The first kappa shape index (κ1) is 15.5. The second-order valence-corrected chi connectivity index (χ2v) is 6.40. The molecule has 0 spiro atoms. The van der Waals surface area contributed by atoms with Gasteiger partial charge in [0.1, 0.15) is 0 Å². The van der Waals surface area contributed by atoms with Crippen LogP contribution in [0.25, 0.3) is 0 Å². The van der Waals surface area contributed by atoms with Gasteiger partial charge in [-0.05, 0) is 44.1 Å². The maximum Gasteiger partial charge on any atom is 0.234 e. The Morgan fingerprint density at radius 1 is 1.45 bits per heavy atom. The van der Waals surface area contributed by atoms with E-state index in [4.69, 9.17) is 4.74 Å². The van der Waals surface area contributed by atoms with Crippen molar-refractivity contribution in [3.63, 3.8) is 0 Å². The molecule has 1 aliphatic heterocycles. The summed E-state index contributed by atoms with van der Waals surface area (Å²) in [7, 11) is 0. The van der Waals surface area contributed by atoms with Crippen LogP contribution in [0.1, 0.15) is 37.6 Å². The normalized spacial score (nSPS) is 19.5. The fourth-order valence-electron chi connectivity index (χ4n) is 2.54. The van der Waals surface area contributed by atoms with E-state index in [1.54, 1.807) is 11.3 Å². The molecule has 2 heterocycles. The number of rotatable bonds is 6. The van der Waals surface area contributed by atoms with E-state index in [0.29, 0.717) is 18.5 Å². The quantitative estimate of drug-likeness (QED) is 0.847. The smallest absolute Gasteiger partial charge is 0.234 e. The van der Waals surface area contributed by atoms with Crippen LogP contribution in [0.4, 0.5) is 0 Å². The highest BCUT2D eigenvalue weighted by molar-refractivity contribution is 7.10. The number of nitrogens with one attached hydrogen (secondary N) is 2. The van der Waals surface area contributed by atoms with Crippen LogP contribution >= 0.6 is 11.3 Å². The number of thiophene rings is 1. The molecule has 2 rings (SSSR count). The third-order valence-corrected chi connectivity index (χ3v) is 4.96. The van der Waals surface area contributed by atoms with E-state index >= 15 is 0 Å². The minimum absolute atomic E-state index is 0.0600. The molecule has 1 fully saturated rings. The van der Waals surface area contributed by atoms with Crippen molar-refractivity contribution in [1.29, 1.82) is 0 Å². The molecule has 0 aliphatic carbocycles. The second kappa shape index (κ2) is 7.76. The van der Waals surface area contributed by atoms with E-state index < -0.39 is 0 Å². The average Bonchev–Trinajstić information content (AvgIpc) is 3.00. The maximum absolute atomic E-state index is 11.9. The van der Waals surface area contributed by atoms with E-state index in [2.05, 4.69) is 17.6 Å². The number of carbonyl (C=O) groups is 1. The SMILES string of the molecule is C[C@H](NCC(=O)N[C@H](C)c1cccs1)C1CCOCC1. The summed E-state index contributed by atoms with van der Waals surface area (Å²) in [6, 6.07) is 4.51. The van der Waals surface area contributed by atoms with Crippen LogP contribution in [-0.4, -0.2) is 31.7 Å². The number of hydrogen-bond donors (Lipinski definition) is 2. The molecule has 1 aromatic heterocycles. The minimum atomic E-state index is 0.0600. The summed E-state index contributed by atoms with van der Waals surface area (Å²) in [6.45, 7) is 6.25. The lowest BCUT2D eigenvalue weighted by molar-refractivity contribution is -0.121. The van der Waals surface area contributed by atoms with Gasteiger partial charge >= 0.3 is 0 Å². The number of carbonyl (C=O) groups excluding carboxylic acids is 1. The van der Waals surface area contributed by atoms with E-state index in [9.17, 15) is 4.79 Å². The summed E-state index contributed by atoms with van der Waals surface area (Å²) >= 11 is 1.67. The molecule has 20 heavy (non-hydrogen) atoms. The molecule has 112 valence electrons. The zero-order valence-electron chi connectivity index (χ0n) is 12.2. The molecule has 1 saturated heterocycles. The summed E-state index contributed by atoms with van der Waals surface area (Å²) in [5.41, 5.74) is 0. The predicted molar refractivity (Wildman–Crippen MR) is 81.9 cm³/mol. The third-order valence-electron chi connectivity index (χ3n) is 3.91. The Kier molecular flexibility index (Phi) is 6.01. The lowest BCUT2D eigenvalue weighted by Gasteiger charge is -2.28. The van der Waals surface area contributed by atoms with Crippen molar-refractivity contribution in [2.24, 2.45) is 5.92 Å². The minimum Gasteiger partial charge on any atom is -0.381 e. The zero-order chi connectivity index (χ0) is 14.4. The van der Waals surface area contributed by atoms with Crippen LogP contribution in [0.3, 0.4) is 0 Å². The van der Waals surface area contributed by atoms with Gasteiger partial charge in [0.25, 0.3) is 0 Å². The molecule has 0 aromatic carbocycles. The second-order valence-electron chi connectivity index (χ2n) is 5.42. The number of amides is 1. The highest BCUT2D eigenvalue weighted by atomic mass is 32.1. The molecular formula is C15H24N2O2S. The van der Waals surface area contributed by atoms with Gasteiger partial charge in [-0.1, -0.05) is 6.07 Å². The summed E-state index contributed by atoms with van der Waals surface area (Å²) in [5, 5.41) is 8.39. The van der Waals surface area contributed by atoms with Crippen LogP contribution in [0.2, 0.25) is 0 Å². The standard InChI is InChI=1S/C15H24N2O2S/c1-11(13-5-7-19-8-6-13)16-10-15(18)17-12(2)14-4-3-9-20-14/h3-4,9,11-13,16H,5-8,10H2,1-2H3,(H,17,18)/t11-,12+/m0/s1. The Labute approximate surface area is 124 Å². The monoisotopic (exact) mass is 296 g/mol. The first-order chi connectivity index (χ1) is 9.66. The first-order valence-corrected chi connectivity index (χ1v) is 8.18. The molecule has 0 unspecified atom stereocenters. The van der Waals surface area contributed by atoms with Crippen molar-refractivity contribution < 1.29 is 9.53 Å². The molecule has 2 atom stereocenters. The van der Waals surface area contributed by atoms with Gasteiger partial charge in [-0.2, -0.15) is 0 Å². The predicted octanol–water partition coefficient (Wildman–Crippen LogP) is 2.33. The fourth-order valence-corrected chi connectivity index (χ4v) is 3.27. The fraction of sp³-hybridized carbons (Fsp3) is 0.667. The summed E-state index contributed by atoms with van der Waals surface area (Å²) in [4.78, 5) is 13.1. The van der Waals surface area contributed by atoms with Crippen molar-refractivity contribution in [3.8, 4) is 0 Å². The van der Waals surface area contributed by atoms with Gasteiger partial charge in [-0.25, -0.2) is 0 Å². The molecule has 2 N–H and O–H groups in total. The van der Waals surface area contributed by atoms with Crippen LogP contribution in [0.5, 0.6) is 0 Å². The van der Waals surface area contributed by atoms with Gasteiger partial charge in [-0.3, -0.25) is 4.79 Å². The molecule has 1 aliphatic rings. The van der Waals surface area contributed by atoms with Gasteiger partial charge in [0.15, 0.2) is 0 Å². The van der Waals surface area contributed by atoms with Crippen LogP contribution in [-0.2, 0) is 9.53 Å². The highest BCUT2D eigenvalue weighted by Crippen LogP contribution is 2.19. The molecule has 0 radical (unpaired) electrons. The van der Waals surface area contributed by atoms with Crippen molar-refractivity contribution >= 4 is 17.2 Å². The third kappa shape index (κ3) is 4.58. The van der Waals surface area contributed by atoms with Gasteiger partial charge in [0.2, 0.25) is 5.91 Å². The maximum atomic E-state index is 11.9. The zero-order valence-corrected chi connectivity index (χ0v) is 13.0. The van der Waals surface area contributed by atoms with Crippen molar-refractivity contribution in [3.05, 3.63) is 22.4 Å². The molecule has 0 saturated carbocycles. The Balaban J connectivity index is 1.69. The van der Waals surface area contributed by atoms with Gasteiger partial charge in [0, 0.05) is 24.1 Å². The first-order valence-electron chi connectivity index (χ1n) is 7.30. The Bertz CT molecular complexity index is 402.